The first-order valence-corrected chi connectivity index (χ1v) is 5.61. The molecule has 18 heavy (non-hydrogen) atoms. The van der Waals surface area contributed by atoms with E-state index in [1.54, 1.807) is 6.92 Å². The fourth-order valence-corrected chi connectivity index (χ4v) is 0.983. The summed E-state index contributed by atoms with van der Waals surface area (Å²) < 4.78 is 0. The monoisotopic (exact) mass is 284 g/mol. The summed E-state index contributed by atoms with van der Waals surface area (Å²) in [4.78, 5) is 10.6. The van der Waals surface area contributed by atoms with Gasteiger partial charge in [-0.3, -0.25) is 0 Å². The van der Waals surface area contributed by atoms with Gasteiger partial charge in [0.2, 0.25) is 0 Å². The second kappa shape index (κ2) is 19.9. The van der Waals surface area contributed by atoms with Crippen LogP contribution in [0.1, 0.15) is 40.0 Å². The molecule has 0 spiro atoms. The van der Waals surface area contributed by atoms with Gasteiger partial charge < -0.3 is 28.1 Å². The minimum absolute atomic E-state index is 0. The largest absolute Gasteiger partial charge is 1.00 e. The van der Waals surface area contributed by atoms with E-state index in [2.05, 4.69) is 0 Å². The summed E-state index contributed by atoms with van der Waals surface area (Å²) in [5, 5.41) is 11.6. The van der Waals surface area contributed by atoms with Crippen molar-refractivity contribution in [3.63, 3.8) is 0 Å². The van der Waals surface area contributed by atoms with Crippen LogP contribution in [0, 0.1) is 7.43 Å². The fourth-order valence-electron chi connectivity index (χ4n) is 0.983. The van der Waals surface area contributed by atoms with Crippen molar-refractivity contribution in [2.24, 2.45) is 11.6 Å². The molecule has 0 radical (unpaired) electrons. The van der Waals surface area contributed by atoms with Crippen LogP contribution in [0.3, 0.4) is 0 Å². The van der Waals surface area contributed by atoms with Gasteiger partial charge in [-0.15, -0.1) is 0 Å². The number of carbonyl (C=O) groups is 1. The Morgan fingerprint density at radius 2 is 1.83 bits per heavy atom. The minimum atomic E-state index is -0.443. The maximum Gasteiger partial charge on any atom is 1.00 e. The number of Topliss-reactive ketones (excluding diaryl/α,β-unsaturated/α-hetero) is 1. The van der Waals surface area contributed by atoms with Gasteiger partial charge in [0.15, 0.2) is 0 Å². The molecule has 4 N–H and O–H groups in total. The van der Waals surface area contributed by atoms with E-state index in [1.165, 1.54) is 11.2 Å². The number of nitrogens with zero attached hydrogens (tertiary/aromatic N) is 1. The maximum atomic E-state index is 10.6. The zero-order valence-corrected chi connectivity index (χ0v) is 15.7. The molecule has 0 heterocycles. The Bertz CT molecular complexity index is 211. The van der Waals surface area contributed by atoms with E-state index in [0.717, 1.165) is 12.8 Å². The molecule has 0 aliphatic carbocycles. The van der Waals surface area contributed by atoms with E-state index in [0.29, 0.717) is 13.0 Å². The molecular formula is C12H27KN3O2-. The molecule has 0 saturated heterocycles. The normalized spacial score (nSPS) is 9.28. The van der Waals surface area contributed by atoms with E-state index in [9.17, 15) is 9.90 Å². The van der Waals surface area contributed by atoms with Crippen molar-refractivity contribution >= 4 is 5.78 Å². The second-order valence-electron chi connectivity index (χ2n) is 3.25. The second-order valence-corrected chi connectivity index (χ2v) is 3.25. The molecule has 0 rings (SSSR count). The summed E-state index contributed by atoms with van der Waals surface area (Å²) in [6, 6.07) is 0. The third kappa shape index (κ3) is 21.8. The van der Waals surface area contributed by atoms with E-state index < -0.39 is 6.61 Å². The van der Waals surface area contributed by atoms with Crippen LogP contribution in [0.5, 0.6) is 0 Å². The Hall–Kier alpha value is 0.566. The molecular weight excluding hydrogens is 257 g/mol. The SMILES string of the molecule is CC.CC(=O)CCCCN(N)/C=C(\N)C[O-].[CH3-].[K+]. The zero-order chi connectivity index (χ0) is 13.0. The molecule has 0 saturated carbocycles. The Kier molecular flexibility index (Phi) is 29.8. The van der Waals surface area contributed by atoms with Crippen LogP contribution < -0.4 is 68.1 Å². The third-order valence-electron chi connectivity index (χ3n) is 1.69. The van der Waals surface area contributed by atoms with E-state index in [1.807, 2.05) is 13.8 Å². The predicted octanol–water partition coefficient (Wildman–Crippen LogP) is -2.44. The maximum absolute atomic E-state index is 10.6. The van der Waals surface area contributed by atoms with E-state index in [4.69, 9.17) is 11.6 Å². The standard InChI is InChI=1S/C9H18N3O2.C2H6.CH3.K/c1-8(14)4-2-3-5-12(11)6-9(10)7-13;1-2;;/h6H,2-5,7,10-11H2,1H3;1-2H3;1H3;/q-1;;-1;+1/b9-6-;;;. The first kappa shape index (κ1) is 27.0. The van der Waals surface area contributed by atoms with Crippen molar-refractivity contribution in [2.75, 3.05) is 13.2 Å². The molecule has 0 aliphatic rings. The van der Waals surface area contributed by atoms with Gasteiger partial charge in [0.1, 0.15) is 5.78 Å². The predicted molar refractivity (Wildman–Crippen MR) is 70.3 cm³/mol. The molecule has 0 atom stereocenters. The van der Waals surface area contributed by atoms with E-state index >= 15 is 0 Å². The summed E-state index contributed by atoms with van der Waals surface area (Å²) in [5.74, 6) is 5.70. The molecule has 0 aromatic carbocycles. The number of ketones is 1. The van der Waals surface area contributed by atoms with Crippen LogP contribution in [0.15, 0.2) is 11.9 Å². The molecule has 5 nitrogen and oxygen atoms in total. The number of unbranched alkanes of at least 4 members (excludes halogenated alkanes) is 1. The van der Waals surface area contributed by atoms with Crippen molar-refractivity contribution in [1.29, 1.82) is 0 Å². The molecule has 0 aliphatic heterocycles. The van der Waals surface area contributed by atoms with Gasteiger partial charge in [-0.1, -0.05) is 20.5 Å². The van der Waals surface area contributed by atoms with Gasteiger partial charge in [0.05, 0.1) is 0 Å². The van der Waals surface area contributed by atoms with Crippen molar-refractivity contribution in [3.05, 3.63) is 19.3 Å². The van der Waals surface area contributed by atoms with Crippen LogP contribution in [-0.4, -0.2) is 23.9 Å². The molecule has 0 fully saturated rings. The molecule has 0 aromatic heterocycles. The molecule has 6 heteroatoms. The summed E-state index contributed by atoms with van der Waals surface area (Å²) >= 11 is 0. The van der Waals surface area contributed by atoms with Crippen LogP contribution in [-0.2, 0) is 4.79 Å². The smallest absolute Gasteiger partial charge is 0.850 e. The van der Waals surface area contributed by atoms with Crippen LogP contribution in [0.2, 0.25) is 0 Å². The van der Waals surface area contributed by atoms with Gasteiger partial charge in [-0.05, 0) is 19.8 Å². The third-order valence-corrected chi connectivity index (χ3v) is 1.69. The van der Waals surface area contributed by atoms with Gasteiger partial charge >= 0.3 is 51.4 Å². The van der Waals surface area contributed by atoms with Crippen molar-refractivity contribution in [1.82, 2.24) is 5.01 Å². The summed E-state index contributed by atoms with van der Waals surface area (Å²) in [6.45, 7) is 5.73. The number of rotatable bonds is 7. The van der Waals surface area contributed by atoms with Crippen molar-refractivity contribution in [3.8, 4) is 0 Å². The van der Waals surface area contributed by atoms with Crippen LogP contribution in [0.25, 0.3) is 0 Å². The Morgan fingerprint density at radius 3 is 2.22 bits per heavy atom. The van der Waals surface area contributed by atoms with Gasteiger partial charge in [0, 0.05) is 24.9 Å². The first-order valence-electron chi connectivity index (χ1n) is 5.61. The average Bonchev–Trinajstić information content (AvgIpc) is 2.26. The van der Waals surface area contributed by atoms with Crippen molar-refractivity contribution < 1.29 is 61.3 Å². The summed E-state index contributed by atoms with van der Waals surface area (Å²) in [5.41, 5.74) is 5.52. The summed E-state index contributed by atoms with van der Waals surface area (Å²) in [6.07, 6.45) is 3.64. The minimum Gasteiger partial charge on any atom is -0.850 e. The number of carbonyl (C=O) groups excluding carboxylic acids is 1. The Labute approximate surface area is 154 Å². The van der Waals surface area contributed by atoms with Crippen molar-refractivity contribution in [2.45, 2.75) is 40.0 Å². The Morgan fingerprint density at radius 1 is 1.33 bits per heavy atom. The van der Waals surface area contributed by atoms with Gasteiger partial charge in [0.25, 0.3) is 0 Å². The quantitative estimate of drug-likeness (QED) is 0.178. The van der Waals surface area contributed by atoms with E-state index in [-0.39, 0.29) is 70.3 Å². The average molecular weight is 284 g/mol. The Balaban J connectivity index is -0.000000232. The number of hydrogen-bond acceptors (Lipinski definition) is 5. The molecule has 0 unspecified atom stereocenters. The molecule has 0 aromatic rings. The topological polar surface area (TPSA) is 95.4 Å². The number of hydrazine groups is 1. The number of nitrogens with two attached hydrogens (primary N) is 2. The molecule has 0 amide bonds. The van der Waals surface area contributed by atoms with Gasteiger partial charge in [-0.25, -0.2) is 5.84 Å². The molecule has 104 valence electrons. The number of hydrogen-bond donors (Lipinski definition) is 2. The van der Waals surface area contributed by atoms with Gasteiger partial charge in [-0.2, -0.15) is 0 Å². The molecule has 0 bridgehead atoms. The summed E-state index contributed by atoms with van der Waals surface area (Å²) in [7, 11) is 0. The zero-order valence-electron chi connectivity index (χ0n) is 12.5. The van der Waals surface area contributed by atoms with Crippen LogP contribution >= 0.6 is 0 Å². The first-order chi connectivity index (χ1) is 7.56. The van der Waals surface area contributed by atoms with Crippen LogP contribution in [0.4, 0.5) is 0 Å². The fraction of sp³-hybridized carbons (Fsp3) is 0.667.